The molecule has 0 bridgehead atoms. The number of rotatable bonds is 6. The monoisotopic (exact) mass is 548 g/mol. The Kier molecular flexibility index (Phi) is 8.79. The maximum Gasteiger partial charge on any atom is 0.292 e. The zero-order valence-corrected chi connectivity index (χ0v) is 19.4. The van der Waals surface area contributed by atoms with Crippen molar-refractivity contribution in [3.63, 3.8) is 0 Å². The van der Waals surface area contributed by atoms with Crippen molar-refractivity contribution in [2.75, 3.05) is 0 Å². The topological polar surface area (TPSA) is 132 Å². The van der Waals surface area contributed by atoms with Gasteiger partial charge in [0.1, 0.15) is 4.49 Å². The fourth-order valence-corrected chi connectivity index (χ4v) is 4.07. The molecule has 0 unspecified atom stereocenters. The molecular formula is C18H2Cl6N4O4. The first kappa shape index (κ1) is 25.3. The van der Waals surface area contributed by atoms with Crippen LogP contribution in [0.2, 0.25) is 20.1 Å². The molecule has 0 fully saturated rings. The average molecular weight is 551 g/mol. The van der Waals surface area contributed by atoms with Gasteiger partial charge in [0, 0.05) is 17.7 Å². The van der Waals surface area contributed by atoms with E-state index in [4.69, 9.17) is 110 Å². The normalized spacial score (nSPS) is 9.44. The van der Waals surface area contributed by atoms with Crippen molar-refractivity contribution >= 4 is 75.2 Å². The molecule has 2 aromatic rings. The van der Waals surface area contributed by atoms with Gasteiger partial charge in [0.2, 0.25) is 0 Å². The van der Waals surface area contributed by atoms with Crippen molar-refractivity contribution < 1.29 is 18.9 Å². The Hall–Kier alpha value is -2.92. The Labute approximate surface area is 210 Å². The van der Waals surface area contributed by atoms with Crippen molar-refractivity contribution in [3.05, 3.63) is 47.8 Å². The van der Waals surface area contributed by atoms with Crippen LogP contribution in [0.3, 0.4) is 0 Å². The van der Waals surface area contributed by atoms with Gasteiger partial charge in [-0.2, -0.15) is 0 Å². The molecule has 0 aliphatic heterocycles. The van der Waals surface area contributed by atoms with E-state index in [2.05, 4.69) is 0 Å². The van der Waals surface area contributed by atoms with Crippen LogP contribution in [0.1, 0.15) is 11.1 Å². The lowest BCUT2D eigenvalue weighted by molar-refractivity contribution is 0.489. The summed E-state index contributed by atoms with van der Waals surface area (Å²) < 4.78 is 18.9. The summed E-state index contributed by atoms with van der Waals surface area (Å²) in [6, 6.07) is 2.19. The highest BCUT2D eigenvalue weighted by Crippen LogP contribution is 2.53. The fraction of sp³-hybridized carbons (Fsp3) is 0. The first-order valence-electron chi connectivity index (χ1n) is 7.57. The maximum atomic E-state index is 9.04. The third kappa shape index (κ3) is 4.94. The summed E-state index contributed by atoms with van der Waals surface area (Å²) in [5.41, 5.74) is -0.715. The number of nitriles is 4. The SMILES string of the molecule is N#COc1cc(Cl)c(OC#N)c(Cl)c1C(=C(Cl)Cl)c1c(OC#N)cc(Cl)c(OC#N)c1Cl. The van der Waals surface area contributed by atoms with E-state index in [1.165, 1.54) is 25.0 Å². The Balaban J connectivity index is 3.09. The summed E-state index contributed by atoms with van der Waals surface area (Å²) in [6.45, 7) is 0. The van der Waals surface area contributed by atoms with Crippen molar-refractivity contribution in [2.24, 2.45) is 0 Å². The molecule has 0 heterocycles. The Morgan fingerprint density at radius 3 is 1.25 bits per heavy atom. The predicted molar refractivity (Wildman–Crippen MR) is 116 cm³/mol. The van der Waals surface area contributed by atoms with Crippen molar-refractivity contribution in [3.8, 4) is 48.0 Å². The Bertz CT molecular complexity index is 1200. The number of nitrogens with zero attached hydrogens (tertiary/aromatic N) is 4. The molecule has 0 aliphatic carbocycles. The highest BCUT2D eigenvalue weighted by molar-refractivity contribution is 6.59. The van der Waals surface area contributed by atoms with Crippen LogP contribution in [0.25, 0.3) is 5.57 Å². The molecule has 0 radical (unpaired) electrons. The molecule has 160 valence electrons. The first-order valence-corrected chi connectivity index (χ1v) is 9.83. The fourth-order valence-electron chi connectivity index (χ4n) is 2.48. The van der Waals surface area contributed by atoms with Crippen molar-refractivity contribution in [1.82, 2.24) is 0 Å². The van der Waals surface area contributed by atoms with Gasteiger partial charge in [-0.3, -0.25) is 0 Å². The van der Waals surface area contributed by atoms with Gasteiger partial charge in [-0.15, -0.1) is 21.0 Å². The summed E-state index contributed by atoms with van der Waals surface area (Å²) >= 11 is 37.1. The molecule has 2 aromatic carbocycles. The standard InChI is InChI=1S/C18H2Cl6N4O4/c19-7-1-9(29-3-25)11(14(21)16(7)31-5-27)13(18(23)24)12-10(30-4-26)2-8(20)17(15(12)22)32-6-28/h1-2H. The van der Waals surface area contributed by atoms with E-state index in [0.717, 1.165) is 12.1 Å². The van der Waals surface area contributed by atoms with Crippen LogP contribution in [-0.2, 0) is 0 Å². The van der Waals surface area contributed by atoms with E-state index in [0.29, 0.717) is 0 Å². The quantitative estimate of drug-likeness (QED) is 0.353. The van der Waals surface area contributed by atoms with Crippen LogP contribution >= 0.6 is 69.6 Å². The number of halogens is 6. The van der Waals surface area contributed by atoms with Gasteiger partial charge >= 0.3 is 0 Å². The van der Waals surface area contributed by atoms with Crippen LogP contribution in [0.4, 0.5) is 0 Å². The molecule has 0 atom stereocenters. The molecule has 0 N–H and O–H groups in total. The smallest absolute Gasteiger partial charge is 0.292 e. The van der Waals surface area contributed by atoms with Gasteiger partial charge in [0.05, 0.1) is 31.2 Å². The molecule has 0 saturated carbocycles. The molecular weight excluding hydrogens is 549 g/mol. The van der Waals surface area contributed by atoms with Crippen LogP contribution in [-0.4, -0.2) is 0 Å². The van der Waals surface area contributed by atoms with Crippen LogP contribution < -0.4 is 18.9 Å². The lowest BCUT2D eigenvalue weighted by Crippen LogP contribution is -2.02. The number of hydrogen-bond donors (Lipinski definition) is 0. The minimum Gasteiger partial charge on any atom is -0.387 e. The highest BCUT2D eigenvalue weighted by Gasteiger charge is 2.31. The second kappa shape index (κ2) is 11.1. The van der Waals surface area contributed by atoms with Gasteiger partial charge in [-0.25, -0.2) is 0 Å². The van der Waals surface area contributed by atoms with Crippen molar-refractivity contribution in [2.45, 2.75) is 0 Å². The number of hydrogen-bond acceptors (Lipinski definition) is 8. The van der Waals surface area contributed by atoms with E-state index >= 15 is 0 Å². The third-order valence-electron chi connectivity index (χ3n) is 3.58. The third-order valence-corrected chi connectivity index (χ3v) is 5.24. The van der Waals surface area contributed by atoms with Crippen LogP contribution in [0.15, 0.2) is 16.6 Å². The van der Waals surface area contributed by atoms with E-state index < -0.39 is 4.49 Å². The summed E-state index contributed by atoms with van der Waals surface area (Å²) in [4.78, 5) is 0. The lowest BCUT2D eigenvalue weighted by Gasteiger charge is -2.19. The van der Waals surface area contributed by atoms with Gasteiger partial charge < -0.3 is 18.9 Å². The zero-order valence-electron chi connectivity index (χ0n) is 14.8. The highest BCUT2D eigenvalue weighted by atomic mass is 35.5. The minimum atomic E-state index is -0.519. The van der Waals surface area contributed by atoms with Crippen molar-refractivity contribution in [1.29, 1.82) is 21.0 Å². The molecule has 0 aliphatic rings. The first-order chi connectivity index (χ1) is 15.2. The summed E-state index contributed by atoms with van der Waals surface area (Å²) in [6.07, 6.45) is 5.68. The van der Waals surface area contributed by atoms with E-state index in [1.807, 2.05) is 0 Å². The second-order valence-corrected chi connectivity index (χ2v) is 7.68. The summed E-state index contributed by atoms with van der Waals surface area (Å²) in [5.74, 6) is -1.22. The molecule has 2 rings (SSSR count). The number of benzene rings is 2. The van der Waals surface area contributed by atoms with Gasteiger partial charge in [-0.1, -0.05) is 69.6 Å². The largest absolute Gasteiger partial charge is 0.387 e. The van der Waals surface area contributed by atoms with Crippen LogP contribution in [0.5, 0.6) is 23.0 Å². The van der Waals surface area contributed by atoms with E-state index in [-0.39, 0.29) is 59.8 Å². The molecule has 32 heavy (non-hydrogen) atoms. The van der Waals surface area contributed by atoms with Gasteiger partial charge in [0.15, 0.2) is 23.0 Å². The van der Waals surface area contributed by atoms with Gasteiger partial charge in [-0.05, 0) is 0 Å². The predicted octanol–water partition coefficient (Wildman–Crippen LogP) is 6.93. The van der Waals surface area contributed by atoms with E-state index in [9.17, 15) is 0 Å². The Morgan fingerprint density at radius 1 is 0.625 bits per heavy atom. The van der Waals surface area contributed by atoms with Crippen LogP contribution in [0, 0.1) is 46.1 Å². The lowest BCUT2D eigenvalue weighted by atomic mass is 9.96. The Morgan fingerprint density at radius 2 is 0.969 bits per heavy atom. The molecule has 0 spiro atoms. The second-order valence-electron chi connectivity index (χ2n) is 5.16. The molecule has 8 nitrogen and oxygen atoms in total. The molecule has 14 heteroatoms. The minimum absolute atomic E-state index is 0.195. The molecule has 0 saturated heterocycles. The zero-order chi connectivity index (χ0) is 24.0. The number of ether oxygens (including phenoxy) is 4. The molecule has 0 amide bonds. The van der Waals surface area contributed by atoms with Gasteiger partial charge in [0.25, 0.3) is 25.0 Å². The summed E-state index contributed by atoms with van der Waals surface area (Å²) in [7, 11) is 0. The van der Waals surface area contributed by atoms with E-state index in [1.54, 1.807) is 0 Å². The maximum absolute atomic E-state index is 9.04. The average Bonchev–Trinajstić information content (AvgIpc) is 2.72. The molecule has 0 aromatic heterocycles. The summed E-state index contributed by atoms with van der Waals surface area (Å²) in [5, 5.41) is 34.8.